The Morgan fingerprint density at radius 3 is 2.70 bits per heavy atom. The molecule has 0 bridgehead atoms. The summed E-state index contributed by atoms with van der Waals surface area (Å²) in [7, 11) is 0. The molecule has 20 heavy (non-hydrogen) atoms. The van der Waals surface area contributed by atoms with Crippen molar-refractivity contribution in [2.75, 3.05) is 12.3 Å². The van der Waals surface area contributed by atoms with Crippen molar-refractivity contribution in [1.82, 2.24) is 10.3 Å². The molecule has 1 amide bonds. The van der Waals surface area contributed by atoms with E-state index in [1.165, 1.54) is 11.3 Å². The minimum absolute atomic E-state index is 0.0429. The van der Waals surface area contributed by atoms with Gasteiger partial charge in [-0.25, -0.2) is 4.98 Å². The van der Waals surface area contributed by atoms with Crippen LogP contribution in [0.5, 0.6) is 5.75 Å². The lowest BCUT2D eigenvalue weighted by Gasteiger charge is -2.23. The number of amides is 1. The number of rotatable bonds is 5. The molecule has 2 rings (SSSR count). The molecule has 6 heteroatoms. The molecular weight excluding hydrogens is 274 g/mol. The zero-order valence-corrected chi connectivity index (χ0v) is 12.2. The van der Waals surface area contributed by atoms with Gasteiger partial charge in [-0.15, -0.1) is 11.3 Å². The number of ether oxygens (including phenoxy) is 1. The Labute approximate surface area is 121 Å². The largest absolute Gasteiger partial charge is 0.484 e. The number of nitrogens with one attached hydrogen (secondary N) is 1. The first-order chi connectivity index (χ1) is 9.47. The van der Waals surface area contributed by atoms with Crippen molar-refractivity contribution >= 4 is 22.9 Å². The van der Waals surface area contributed by atoms with Crippen molar-refractivity contribution in [3.63, 3.8) is 0 Å². The van der Waals surface area contributed by atoms with Crippen LogP contribution >= 0.6 is 11.3 Å². The molecule has 0 aliphatic rings. The highest BCUT2D eigenvalue weighted by Gasteiger charge is 2.25. The van der Waals surface area contributed by atoms with Gasteiger partial charge in [-0.3, -0.25) is 4.79 Å². The number of aromatic nitrogens is 1. The Kier molecular flexibility index (Phi) is 4.24. The molecule has 1 aromatic heterocycles. The van der Waals surface area contributed by atoms with Crippen LogP contribution in [-0.4, -0.2) is 17.5 Å². The molecule has 0 saturated carbocycles. The van der Waals surface area contributed by atoms with E-state index in [0.717, 1.165) is 5.01 Å². The Morgan fingerprint density at radius 1 is 1.40 bits per heavy atom. The van der Waals surface area contributed by atoms with Gasteiger partial charge in [0.05, 0.1) is 5.54 Å². The number of thiazole rings is 1. The normalized spacial score (nSPS) is 11.1. The van der Waals surface area contributed by atoms with Gasteiger partial charge in [0.15, 0.2) is 6.61 Å². The summed E-state index contributed by atoms with van der Waals surface area (Å²) in [5.74, 6) is 0.420. The van der Waals surface area contributed by atoms with Crippen molar-refractivity contribution in [3.05, 3.63) is 40.8 Å². The molecule has 1 heterocycles. The summed E-state index contributed by atoms with van der Waals surface area (Å²) in [6, 6.07) is 6.92. The fraction of sp³-hybridized carbons (Fsp3) is 0.286. The SMILES string of the molecule is CC(C)(NC(=O)COc1ccc(N)cc1)c1nccs1. The fourth-order valence-electron chi connectivity index (χ4n) is 1.68. The third kappa shape index (κ3) is 3.71. The zero-order valence-electron chi connectivity index (χ0n) is 11.4. The molecule has 0 saturated heterocycles. The van der Waals surface area contributed by atoms with Gasteiger partial charge in [-0.05, 0) is 38.1 Å². The van der Waals surface area contributed by atoms with Gasteiger partial charge in [0.25, 0.3) is 5.91 Å². The van der Waals surface area contributed by atoms with E-state index in [0.29, 0.717) is 11.4 Å². The maximum Gasteiger partial charge on any atom is 0.258 e. The standard InChI is InChI=1S/C14H17N3O2S/c1-14(2,13-16-7-8-20-13)17-12(18)9-19-11-5-3-10(15)4-6-11/h3-8H,9,15H2,1-2H3,(H,17,18). The van der Waals surface area contributed by atoms with Gasteiger partial charge in [0, 0.05) is 17.3 Å². The summed E-state index contributed by atoms with van der Waals surface area (Å²) in [6.07, 6.45) is 1.72. The van der Waals surface area contributed by atoms with E-state index in [2.05, 4.69) is 10.3 Å². The Balaban J connectivity index is 1.88. The average molecular weight is 291 g/mol. The molecule has 0 spiro atoms. The number of carbonyl (C=O) groups excluding carboxylic acids is 1. The molecule has 3 N–H and O–H groups in total. The van der Waals surface area contributed by atoms with Crippen LogP contribution in [-0.2, 0) is 10.3 Å². The molecular formula is C14H17N3O2S. The predicted molar refractivity (Wildman–Crippen MR) is 79.6 cm³/mol. The summed E-state index contributed by atoms with van der Waals surface area (Å²) < 4.78 is 5.40. The van der Waals surface area contributed by atoms with Gasteiger partial charge >= 0.3 is 0 Å². The van der Waals surface area contributed by atoms with Crippen LogP contribution in [0.3, 0.4) is 0 Å². The fourth-order valence-corrected chi connectivity index (χ4v) is 2.40. The minimum atomic E-state index is -0.504. The molecule has 0 radical (unpaired) electrons. The molecule has 0 fully saturated rings. The topological polar surface area (TPSA) is 77.2 Å². The molecule has 1 aromatic carbocycles. The lowest BCUT2D eigenvalue weighted by Crippen LogP contribution is -2.43. The second kappa shape index (κ2) is 5.92. The predicted octanol–water partition coefficient (Wildman–Crippen LogP) is 2.16. The van der Waals surface area contributed by atoms with Gasteiger partial charge in [0.1, 0.15) is 10.8 Å². The van der Waals surface area contributed by atoms with E-state index in [1.54, 1.807) is 30.5 Å². The second-order valence-corrected chi connectivity index (χ2v) is 5.76. The molecule has 0 aliphatic carbocycles. The summed E-state index contributed by atoms with van der Waals surface area (Å²) >= 11 is 1.51. The first-order valence-corrected chi connectivity index (χ1v) is 7.05. The van der Waals surface area contributed by atoms with Crippen molar-refractivity contribution in [2.45, 2.75) is 19.4 Å². The number of hydrogen-bond acceptors (Lipinski definition) is 5. The number of benzene rings is 1. The maximum absolute atomic E-state index is 11.9. The first-order valence-electron chi connectivity index (χ1n) is 6.17. The lowest BCUT2D eigenvalue weighted by atomic mass is 10.1. The highest BCUT2D eigenvalue weighted by molar-refractivity contribution is 7.09. The molecule has 5 nitrogen and oxygen atoms in total. The van der Waals surface area contributed by atoms with E-state index < -0.39 is 5.54 Å². The van der Waals surface area contributed by atoms with E-state index in [1.807, 2.05) is 19.2 Å². The second-order valence-electron chi connectivity index (χ2n) is 4.87. The first kappa shape index (κ1) is 14.3. The monoisotopic (exact) mass is 291 g/mol. The third-order valence-corrected chi connectivity index (χ3v) is 3.77. The zero-order chi connectivity index (χ0) is 14.6. The van der Waals surface area contributed by atoms with E-state index in [-0.39, 0.29) is 12.5 Å². The van der Waals surface area contributed by atoms with Gasteiger partial charge < -0.3 is 15.8 Å². The van der Waals surface area contributed by atoms with E-state index >= 15 is 0 Å². The number of nitrogens with zero attached hydrogens (tertiary/aromatic N) is 1. The Hall–Kier alpha value is -2.08. The molecule has 0 atom stereocenters. The van der Waals surface area contributed by atoms with E-state index in [4.69, 9.17) is 10.5 Å². The van der Waals surface area contributed by atoms with Crippen LogP contribution in [0.25, 0.3) is 0 Å². The quantitative estimate of drug-likeness (QED) is 0.828. The third-order valence-electron chi connectivity index (χ3n) is 2.67. The van der Waals surface area contributed by atoms with Crippen molar-refractivity contribution in [1.29, 1.82) is 0 Å². The number of hydrogen-bond donors (Lipinski definition) is 2. The molecule has 0 unspecified atom stereocenters. The van der Waals surface area contributed by atoms with Crippen LogP contribution in [0, 0.1) is 0 Å². The number of carbonyl (C=O) groups is 1. The van der Waals surface area contributed by atoms with Crippen molar-refractivity contribution in [3.8, 4) is 5.75 Å². The Morgan fingerprint density at radius 2 is 2.10 bits per heavy atom. The van der Waals surface area contributed by atoms with E-state index in [9.17, 15) is 4.79 Å². The molecule has 106 valence electrons. The van der Waals surface area contributed by atoms with Crippen LogP contribution in [0.4, 0.5) is 5.69 Å². The van der Waals surface area contributed by atoms with Crippen LogP contribution in [0.2, 0.25) is 0 Å². The summed E-state index contributed by atoms with van der Waals surface area (Å²) in [6.45, 7) is 3.78. The highest BCUT2D eigenvalue weighted by atomic mass is 32.1. The Bertz CT molecular complexity index is 565. The van der Waals surface area contributed by atoms with Crippen LogP contribution in [0.15, 0.2) is 35.8 Å². The molecule has 2 aromatic rings. The van der Waals surface area contributed by atoms with Gasteiger partial charge in [0.2, 0.25) is 0 Å². The van der Waals surface area contributed by atoms with Crippen molar-refractivity contribution < 1.29 is 9.53 Å². The molecule has 0 aliphatic heterocycles. The maximum atomic E-state index is 11.9. The number of nitrogen functional groups attached to an aromatic ring is 1. The van der Waals surface area contributed by atoms with Crippen LogP contribution in [0.1, 0.15) is 18.9 Å². The van der Waals surface area contributed by atoms with Gasteiger partial charge in [-0.1, -0.05) is 0 Å². The van der Waals surface area contributed by atoms with Gasteiger partial charge in [-0.2, -0.15) is 0 Å². The van der Waals surface area contributed by atoms with Crippen molar-refractivity contribution in [2.24, 2.45) is 0 Å². The summed E-state index contributed by atoms with van der Waals surface area (Å²) in [4.78, 5) is 16.1. The number of anilines is 1. The lowest BCUT2D eigenvalue weighted by molar-refractivity contribution is -0.124. The average Bonchev–Trinajstić information content (AvgIpc) is 2.92. The number of nitrogens with two attached hydrogens (primary N) is 1. The summed E-state index contributed by atoms with van der Waals surface area (Å²) in [5, 5.41) is 5.64. The summed E-state index contributed by atoms with van der Waals surface area (Å²) in [5.41, 5.74) is 5.73. The minimum Gasteiger partial charge on any atom is -0.484 e. The van der Waals surface area contributed by atoms with Crippen LogP contribution < -0.4 is 15.8 Å². The smallest absolute Gasteiger partial charge is 0.258 e. The highest BCUT2D eigenvalue weighted by Crippen LogP contribution is 2.21.